The fraction of sp³-hybridized carbons (Fsp3) is 0.267. The van der Waals surface area contributed by atoms with E-state index >= 15 is 0 Å². The van der Waals surface area contributed by atoms with Gasteiger partial charge in [-0.15, -0.1) is 0 Å². The predicted octanol–water partition coefficient (Wildman–Crippen LogP) is 0.865. The van der Waals surface area contributed by atoms with Crippen LogP contribution in [0.15, 0.2) is 28.8 Å². The largest absolute Gasteiger partial charge is 0.480 e. The molecule has 7 nitrogen and oxygen atoms in total. The molecule has 0 aliphatic heterocycles. The summed E-state index contributed by atoms with van der Waals surface area (Å²) in [4.78, 5) is 21.8. The molecule has 0 bridgehead atoms. The van der Waals surface area contributed by atoms with E-state index in [0.717, 1.165) is 23.1 Å². The molecule has 3 N–H and O–H groups in total. The van der Waals surface area contributed by atoms with Gasteiger partial charge in [-0.3, -0.25) is 0 Å². The lowest BCUT2D eigenvalue weighted by Gasteiger charge is -2.18. The Labute approximate surface area is 125 Å². The average molecular weight is 302 g/mol. The monoisotopic (exact) mass is 302 g/mol. The molecule has 1 heterocycles. The van der Waals surface area contributed by atoms with Crippen LogP contribution in [0.1, 0.15) is 11.1 Å². The molecule has 0 saturated heterocycles. The number of hydrogen-bond acceptors (Lipinski definition) is 6. The summed E-state index contributed by atoms with van der Waals surface area (Å²) in [6.07, 6.45) is -0.0762. The van der Waals surface area contributed by atoms with Gasteiger partial charge >= 0.3 is 5.97 Å². The number of fused-ring (bicyclic) bond motifs is 3. The van der Waals surface area contributed by atoms with Crippen molar-refractivity contribution in [3.05, 3.63) is 35.4 Å². The lowest BCUT2D eigenvalue weighted by molar-refractivity contribution is -0.142. The number of carboxylic acids is 1. The zero-order chi connectivity index (χ0) is 15.7. The maximum atomic E-state index is 11.1. The van der Waals surface area contributed by atoms with Gasteiger partial charge in [0.15, 0.2) is 12.3 Å². The van der Waals surface area contributed by atoms with E-state index in [1.165, 1.54) is 0 Å². The Bertz CT molecular complexity index is 724. The number of aliphatic hydroxyl groups is 1. The van der Waals surface area contributed by atoms with E-state index in [0.29, 0.717) is 12.1 Å². The van der Waals surface area contributed by atoms with Gasteiger partial charge in [-0.05, 0) is 18.4 Å². The minimum Gasteiger partial charge on any atom is -0.480 e. The van der Waals surface area contributed by atoms with Crippen molar-refractivity contribution < 1.29 is 24.3 Å². The molecule has 3 rings (SSSR count). The third-order valence-electron chi connectivity index (χ3n) is 3.74. The SMILES string of the molecule is O=CC(O)[C@H](Nc1onc2c1CCc1ccccc1-2)C(=O)O. The molecule has 0 radical (unpaired) electrons. The van der Waals surface area contributed by atoms with E-state index in [2.05, 4.69) is 10.5 Å². The number of hydrogen-bond donors (Lipinski definition) is 3. The van der Waals surface area contributed by atoms with E-state index in [1.807, 2.05) is 24.3 Å². The van der Waals surface area contributed by atoms with Gasteiger partial charge in [0.2, 0.25) is 5.88 Å². The standard InChI is InChI=1S/C15H14N2O5/c18-7-11(19)13(15(20)21)16-14-10-6-5-8-3-1-2-4-9(8)12(10)17-22-14/h1-4,7,11,13,16,19H,5-6H2,(H,20,21)/t11?,13-/m0/s1. The molecule has 0 saturated carbocycles. The highest BCUT2D eigenvalue weighted by Gasteiger charge is 2.31. The first-order chi connectivity index (χ1) is 10.6. The highest BCUT2D eigenvalue weighted by atomic mass is 16.5. The molecule has 22 heavy (non-hydrogen) atoms. The fourth-order valence-corrected chi connectivity index (χ4v) is 2.61. The Morgan fingerprint density at radius 1 is 1.36 bits per heavy atom. The Balaban J connectivity index is 1.94. The van der Waals surface area contributed by atoms with Gasteiger partial charge in [0.05, 0.1) is 0 Å². The van der Waals surface area contributed by atoms with Crippen LogP contribution in [0.2, 0.25) is 0 Å². The number of nitrogens with zero attached hydrogens (tertiary/aromatic N) is 1. The highest BCUT2D eigenvalue weighted by Crippen LogP contribution is 2.36. The molecular weight excluding hydrogens is 288 g/mol. The van der Waals surface area contributed by atoms with Gasteiger partial charge in [-0.25, -0.2) is 4.79 Å². The highest BCUT2D eigenvalue weighted by molar-refractivity contribution is 5.83. The summed E-state index contributed by atoms with van der Waals surface area (Å²) >= 11 is 0. The maximum Gasteiger partial charge on any atom is 0.329 e. The van der Waals surface area contributed by atoms with Crippen LogP contribution in [0.5, 0.6) is 0 Å². The molecule has 1 aliphatic carbocycles. The van der Waals surface area contributed by atoms with Crippen LogP contribution < -0.4 is 5.32 Å². The molecule has 2 aromatic rings. The number of nitrogens with one attached hydrogen (secondary N) is 1. The van der Waals surface area contributed by atoms with E-state index in [4.69, 9.17) is 9.63 Å². The summed E-state index contributed by atoms with van der Waals surface area (Å²) in [6, 6.07) is 6.30. The number of aliphatic carboxylic acids is 1. The minimum atomic E-state index is -1.67. The third kappa shape index (κ3) is 2.35. The summed E-state index contributed by atoms with van der Waals surface area (Å²) in [5, 5.41) is 25.1. The van der Waals surface area contributed by atoms with Crippen molar-refractivity contribution >= 4 is 18.1 Å². The lowest BCUT2D eigenvalue weighted by Crippen LogP contribution is -2.41. The summed E-state index contributed by atoms with van der Waals surface area (Å²) in [5.74, 6) is -1.17. The van der Waals surface area contributed by atoms with Gasteiger partial charge in [0.25, 0.3) is 0 Å². The predicted molar refractivity (Wildman–Crippen MR) is 76.5 cm³/mol. The normalized spacial score (nSPS) is 15.3. The van der Waals surface area contributed by atoms with Crippen LogP contribution >= 0.6 is 0 Å². The van der Waals surface area contributed by atoms with Crippen molar-refractivity contribution in [1.29, 1.82) is 0 Å². The van der Waals surface area contributed by atoms with Crippen molar-refractivity contribution in [3.8, 4) is 11.3 Å². The smallest absolute Gasteiger partial charge is 0.329 e. The van der Waals surface area contributed by atoms with Crippen molar-refractivity contribution in [2.24, 2.45) is 0 Å². The van der Waals surface area contributed by atoms with E-state index in [1.54, 1.807) is 0 Å². The van der Waals surface area contributed by atoms with Crippen molar-refractivity contribution in [2.45, 2.75) is 25.0 Å². The lowest BCUT2D eigenvalue weighted by atomic mass is 9.90. The van der Waals surface area contributed by atoms with Crippen LogP contribution in [0.4, 0.5) is 5.88 Å². The summed E-state index contributed by atoms with van der Waals surface area (Å²) in [5.41, 5.74) is 3.51. The van der Waals surface area contributed by atoms with Gasteiger partial charge in [0.1, 0.15) is 11.8 Å². The Kier molecular flexibility index (Phi) is 3.64. The Morgan fingerprint density at radius 3 is 2.86 bits per heavy atom. The summed E-state index contributed by atoms with van der Waals surface area (Å²) < 4.78 is 5.20. The summed E-state index contributed by atoms with van der Waals surface area (Å²) in [7, 11) is 0. The first kappa shape index (κ1) is 14.3. The number of aromatic nitrogens is 1. The number of carbonyl (C=O) groups is 2. The average Bonchev–Trinajstić information content (AvgIpc) is 2.95. The van der Waals surface area contributed by atoms with E-state index in [-0.39, 0.29) is 12.2 Å². The number of aliphatic hydroxyl groups excluding tert-OH is 1. The number of aryl methyl sites for hydroxylation is 1. The van der Waals surface area contributed by atoms with E-state index in [9.17, 15) is 14.7 Å². The quantitative estimate of drug-likeness (QED) is 0.702. The van der Waals surface area contributed by atoms with Crippen LogP contribution in [0.3, 0.4) is 0 Å². The fourth-order valence-electron chi connectivity index (χ4n) is 2.61. The number of carboxylic acid groups (broad SMARTS) is 1. The second-order valence-electron chi connectivity index (χ2n) is 5.08. The van der Waals surface area contributed by atoms with Gasteiger partial charge < -0.3 is 24.8 Å². The van der Waals surface area contributed by atoms with Gasteiger partial charge in [0, 0.05) is 11.1 Å². The van der Waals surface area contributed by atoms with Gasteiger partial charge in [-0.2, -0.15) is 0 Å². The number of rotatable bonds is 5. The molecule has 1 unspecified atom stereocenters. The topological polar surface area (TPSA) is 113 Å². The molecule has 1 aliphatic rings. The molecule has 7 heteroatoms. The number of anilines is 1. The van der Waals surface area contributed by atoms with Crippen molar-refractivity contribution in [3.63, 3.8) is 0 Å². The molecule has 2 atom stereocenters. The second-order valence-corrected chi connectivity index (χ2v) is 5.08. The zero-order valence-electron chi connectivity index (χ0n) is 11.5. The summed E-state index contributed by atoms with van der Waals surface area (Å²) in [6.45, 7) is 0. The van der Waals surface area contributed by atoms with Crippen LogP contribution in [0, 0.1) is 0 Å². The number of benzene rings is 1. The number of carbonyl (C=O) groups excluding carboxylic acids is 1. The molecule has 114 valence electrons. The first-order valence-electron chi connectivity index (χ1n) is 6.81. The van der Waals surface area contributed by atoms with E-state index < -0.39 is 18.1 Å². The van der Waals surface area contributed by atoms with Crippen LogP contribution in [-0.4, -0.2) is 39.8 Å². The molecular formula is C15H14N2O5. The minimum absolute atomic E-state index is 0.171. The molecule has 1 aromatic carbocycles. The second kappa shape index (κ2) is 5.61. The first-order valence-corrected chi connectivity index (χ1v) is 6.81. The zero-order valence-corrected chi connectivity index (χ0v) is 11.5. The molecule has 1 aromatic heterocycles. The molecule has 0 spiro atoms. The van der Waals surface area contributed by atoms with Crippen LogP contribution in [0.25, 0.3) is 11.3 Å². The van der Waals surface area contributed by atoms with Gasteiger partial charge in [-0.1, -0.05) is 29.4 Å². The third-order valence-corrected chi connectivity index (χ3v) is 3.74. The number of aldehydes is 1. The molecule has 0 fully saturated rings. The van der Waals surface area contributed by atoms with Crippen LogP contribution in [-0.2, 0) is 22.4 Å². The molecule has 0 amide bonds. The Hall–Kier alpha value is -2.67. The van der Waals surface area contributed by atoms with Crippen molar-refractivity contribution in [2.75, 3.05) is 5.32 Å². The maximum absolute atomic E-state index is 11.1. The van der Waals surface area contributed by atoms with Crippen molar-refractivity contribution in [1.82, 2.24) is 5.16 Å². The Morgan fingerprint density at radius 2 is 2.14 bits per heavy atom.